The summed E-state index contributed by atoms with van der Waals surface area (Å²) in [6, 6.07) is 3.35. The normalized spacial score (nSPS) is 14.3. The summed E-state index contributed by atoms with van der Waals surface area (Å²) in [6.45, 7) is 0. The van der Waals surface area contributed by atoms with Crippen LogP contribution in [0, 0.1) is 5.92 Å². The third-order valence-electron chi connectivity index (χ3n) is 2.81. The van der Waals surface area contributed by atoms with Gasteiger partial charge in [-0.25, -0.2) is 4.79 Å². The van der Waals surface area contributed by atoms with Gasteiger partial charge in [0.2, 0.25) is 5.91 Å². The van der Waals surface area contributed by atoms with Crippen LogP contribution in [0.5, 0.6) is 0 Å². The molecule has 0 heterocycles. The highest BCUT2D eigenvalue weighted by molar-refractivity contribution is 9.10. The number of carboxylic acid groups (broad SMARTS) is 1. The molecule has 2 N–H and O–H groups in total. The summed E-state index contributed by atoms with van der Waals surface area (Å²) in [7, 11) is 0. The van der Waals surface area contributed by atoms with E-state index in [-0.39, 0.29) is 17.4 Å². The van der Waals surface area contributed by atoms with Gasteiger partial charge in [-0.1, -0.05) is 31.9 Å². The van der Waals surface area contributed by atoms with Gasteiger partial charge in [0.15, 0.2) is 0 Å². The molecular weight excluding hydrogens is 366 g/mol. The molecule has 1 amide bonds. The molecule has 1 aromatic rings. The van der Waals surface area contributed by atoms with Crippen molar-refractivity contribution in [2.75, 3.05) is 5.32 Å². The highest BCUT2D eigenvalue weighted by Gasteiger charge is 2.30. The van der Waals surface area contributed by atoms with Crippen molar-refractivity contribution in [3.8, 4) is 0 Å². The predicted molar refractivity (Wildman–Crippen MR) is 75.1 cm³/mol. The van der Waals surface area contributed by atoms with E-state index in [2.05, 4.69) is 37.2 Å². The zero-order chi connectivity index (χ0) is 13.3. The first kappa shape index (κ1) is 13.5. The van der Waals surface area contributed by atoms with E-state index in [4.69, 9.17) is 0 Å². The van der Waals surface area contributed by atoms with Gasteiger partial charge in [-0.3, -0.25) is 4.79 Å². The molecule has 0 saturated heterocycles. The van der Waals surface area contributed by atoms with E-state index in [1.165, 1.54) is 0 Å². The molecular formula is C12H11Br2NO3. The highest BCUT2D eigenvalue weighted by atomic mass is 79.9. The van der Waals surface area contributed by atoms with Crippen LogP contribution in [-0.4, -0.2) is 17.0 Å². The molecule has 1 aliphatic rings. The van der Waals surface area contributed by atoms with Gasteiger partial charge in [-0.15, -0.1) is 0 Å². The molecule has 6 heteroatoms. The van der Waals surface area contributed by atoms with Crippen LogP contribution < -0.4 is 5.32 Å². The second-order valence-corrected chi connectivity index (χ2v) is 5.57. The van der Waals surface area contributed by atoms with Gasteiger partial charge in [0.25, 0.3) is 0 Å². The minimum Gasteiger partial charge on any atom is -0.478 e. The van der Waals surface area contributed by atoms with Crippen LogP contribution in [0.2, 0.25) is 0 Å². The first-order chi connectivity index (χ1) is 8.54. The van der Waals surface area contributed by atoms with E-state index in [1.54, 1.807) is 12.1 Å². The van der Waals surface area contributed by atoms with Crippen molar-refractivity contribution in [2.24, 2.45) is 5.92 Å². The van der Waals surface area contributed by atoms with E-state index < -0.39 is 5.97 Å². The SMILES string of the molecule is O=C(O)c1c(NC(=O)C2CC2)ccc(Br)c1CBr. The standard InChI is InChI=1S/C12H11Br2NO3/c13-5-7-8(14)3-4-9(10(7)12(17)18)15-11(16)6-1-2-6/h3-4,6H,1-2,5H2,(H,15,16)(H,17,18). The Morgan fingerprint density at radius 1 is 1.39 bits per heavy atom. The minimum absolute atomic E-state index is 0.0442. The van der Waals surface area contributed by atoms with E-state index in [0.29, 0.717) is 21.1 Å². The zero-order valence-electron chi connectivity index (χ0n) is 9.37. The Morgan fingerprint density at radius 2 is 2.06 bits per heavy atom. The predicted octanol–water partition coefficient (Wildman–Crippen LogP) is 3.39. The molecule has 0 unspecified atom stereocenters. The molecule has 1 fully saturated rings. The maximum atomic E-state index is 11.7. The van der Waals surface area contributed by atoms with E-state index >= 15 is 0 Å². The van der Waals surface area contributed by atoms with Crippen LogP contribution in [0.25, 0.3) is 0 Å². The summed E-state index contributed by atoms with van der Waals surface area (Å²) in [5.74, 6) is -1.10. The number of carboxylic acids is 1. The van der Waals surface area contributed by atoms with E-state index in [9.17, 15) is 14.7 Å². The van der Waals surface area contributed by atoms with Crippen LogP contribution >= 0.6 is 31.9 Å². The Hall–Kier alpha value is -0.880. The van der Waals surface area contributed by atoms with Crippen LogP contribution in [0.15, 0.2) is 16.6 Å². The maximum Gasteiger partial charge on any atom is 0.338 e. The molecule has 0 radical (unpaired) electrons. The summed E-state index contributed by atoms with van der Waals surface area (Å²) in [6.07, 6.45) is 1.77. The fourth-order valence-electron chi connectivity index (χ4n) is 1.68. The summed E-state index contributed by atoms with van der Waals surface area (Å²) in [4.78, 5) is 23.0. The molecule has 0 atom stereocenters. The van der Waals surface area contributed by atoms with E-state index in [0.717, 1.165) is 12.8 Å². The topological polar surface area (TPSA) is 66.4 Å². The summed E-state index contributed by atoms with van der Waals surface area (Å²) in [5.41, 5.74) is 1.11. The van der Waals surface area contributed by atoms with Crippen molar-refractivity contribution in [1.82, 2.24) is 0 Å². The summed E-state index contributed by atoms with van der Waals surface area (Å²) >= 11 is 6.57. The molecule has 0 aromatic heterocycles. The fraction of sp³-hybridized carbons (Fsp3) is 0.333. The number of benzene rings is 1. The van der Waals surface area contributed by atoms with Crippen molar-refractivity contribution in [2.45, 2.75) is 18.2 Å². The molecule has 1 saturated carbocycles. The molecule has 96 valence electrons. The zero-order valence-corrected chi connectivity index (χ0v) is 12.5. The lowest BCUT2D eigenvalue weighted by Gasteiger charge is -2.12. The maximum absolute atomic E-state index is 11.7. The molecule has 1 aliphatic carbocycles. The molecule has 1 aromatic carbocycles. The Kier molecular flexibility index (Phi) is 4.07. The number of carbonyl (C=O) groups is 2. The van der Waals surface area contributed by atoms with Crippen LogP contribution in [0.1, 0.15) is 28.8 Å². The third kappa shape index (κ3) is 2.75. The first-order valence-corrected chi connectivity index (χ1v) is 7.37. The monoisotopic (exact) mass is 375 g/mol. The Balaban J connectivity index is 2.39. The minimum atomic E-state index is -1.04. The third-order valence-corrected chi connectivity index (χ3v) is 4.11. The van der Waals surface area contributed by atoms with Gasteiger partial charge in [0.1, 0.15) is 0 Å². The van der Waals surface area contributed by atoms with Crippen molar-refractivity contribution in [1.29, 1.82) is 0 Å². The second kappa shape index (κ2) is 5.40. The van der Waals surface area contributed by atoms with Gasteiger partial charge in [0.05, 0.1) is 11.3 Å². The van der Waals surface area contributed by atoms with E-state index in [1.807, 2.05) is 0 Å². The number of hydrogen-bond acceptors (Lipinski definition) is 2. The highest BCUT2D eigenvalue weighted by Crippen LogP contribution is 2.33. The van der Waals surface area contributed by atoms with Gasteiger partial charge in [0, 0.05) is 15.7 Å². The Labute approximate surface area is 121 Å². The summed E-state index contributed by atoms with van der Waals surface area (Å²) < 4.78 is 0.709. The second-order valence-electron chi connectivity index (χ2n) is 4.15. The summed E-state index contributed by atoms with van der Waals surface area (Å²) in [5, 5.41) is 12.4. The fourth-order valence-corrected chi connectivity index (χ4v) is 3.11. The largest absolute Gasteiger partial charge is 0.478 e. The number of aromatic carboxylic acids is 1. The Bertz CT molecular complexity index is 512. The number of halogens is 2. The van der Waals surface area contributed by atoms with Crippen molar-refractivity contribution in [3.05, 3.63) is 27.7 Å². The number of nitrogens with one attached hydrogen (secondary N) is 1. The van der Waals surface area contributed by atoms with Gasteiger partial charge >= 0.3 is 5.97 Å². The van der Waals surface area contributed by atoms with Gasteiger partial charge < -0.3 is 10.4 Å². The number of hydrogen-bond donors (Lipinski definition) is 2. The van der Waals surface area contributed by atoms with Gasteiger partial charge in [-0.2, -0.15) is 0 Å². The lowest BCUT2D eigenvalue weighted by atomic mass is 10.1. The molecule has 0 aliphatic heterocycles. The molecule has 0 bridgehead atoms. The molecule has 0 spiro atoms. The number of rotatable bonds is 4. The Morgan fingerprint density at radius 3 is 2.56 bits per heavy atom. The van der Waals surface area contributed by atoms with Crippen LogP contribution in [0.3, 0.4) is 0 Å². The van der Waals surface area contributed by atoms with Gasteiger partial charge in [-0.05, 0) is 30.5 Å². The smallest absolute Gasteiger partial charge is 0.338 e. The number of amides is 1. The van der Waals surface area contributed by atoms with Crippen molar-refractivity contribution < 1.29 is 14.7 Å². The number of carbonyl (C=O) groups excluding carboxylic acids is 1. The quantitative estimate of drug-likeness (QED) is 0.791. The first-order valence-electron chi connectivity index (χ1n) is 5.46. The molecule has 18 heavy (non-hydrogen) atoms. The average molecular weight is 377 g/mol. The van der Waals surface area contributed by atoms with Crippen LogP contribution in [0.4, 0.5) is 5.69 Å². The average Bonchev–Trinajstić information content (AvgIpc) is 3.14. The molecule has 2 rings (SSSR count). The molecule has 4 nitrogen and oxygen atoms in total. The lowest BCUT2D eigenvalue weighted by Crippen LogP contribution is -2.17. The lowest BCUT2D eigenvalue weighted by molar-refractivity contribution is -0.117. The number of alkyl halides is 1. The van der Waals surface area contributed by atoms with Crippen molar-refractivity contribution >= 4 is 49.4 Å². The van der Waals surface area contributed by atoms with Crippen molar-refractivity contribution in [3.63, 3.8) is 0 Å². The number of anilines is 1. The van der Waals surface area contributed by atoms with Crippen LogP contribution in [-0.2, 0) is 10.1 Å².